The highest BCUT2D eigenvalue weighted by molar-refractivity contribution is 5.78. The van der Waals surface area contributed by atoms with Crippen LogP contribution in [-0.2, 0) is 6.54 Å². The molecule has 0 spiro atoms. The molecule has 108 valence electrons. The van der Waals surface area contributed by atoms with Gasteiger partial charge < -0.3 is 9.64 Å². The van der Waals surface area contributed by atoms with Crippen molar-refractivity contribution in [1.82, 2.24) is 14.5 Å². The maximum absolute atomic E-state index is 12.4. The van der Waals surface area contributed by atoms with E-state index < -0.39 is 0 Å². The van der Waals surface area contributed by atoms with E-state index in [1.165, 1.54) is 0 Å². The number of ether oxygens (including phenoxy) is 1. The zero-order chi connectivity index (χ0) is 14.7. The minimum Gasteiger partial charge on any atom is -0.497 e. The lowest BCUT2D eigenvalue weighted by atomic mass is 10.2. The lowest BCUT2D eigenvalue weighted by Crippen LogP contribution is -2.28. The number of fused-ring (bicyclic) bond motifs is 1. The molecule has 0 saturated heterocycles. The van der Waals surface area contributed by atoms with Crippen LogP contribution in [0.4, 0.5) is 0 Å². The van der Waals surface area contributed by atoms with Gasteiger partial charge in [0, 0.05) is 12.6 Å². The maximum Gasteiger partial charge on any atom is 0.261 e. The number of rotatable bonds is 5. The van der Waals surface area contributed by atoms with Crippen molar-refractivity contribution in [1.29, 1.82) is 0 Å². The molecule has 5 nitrogen and oxygen atoms in total. The van der Waals surface area contributed by atoms with Gasteiger partial charge in [-0.2, -0.15) is 0 Å². The number of hydrogen-bond acceptors (Lipinski definition) is 4. The predicted octanol–water partition coefficient (Wildman–Crippen LogP) is 1.75. The Kier molecular flexibility index (Phi) is 4.39. The summed E-state index contributed by atoms with van der Waals surface area (Å²) in [6.07, 6.45) is 2.53. The topological polar surface area (TPSA) is 47.4 Å². The summed E-state index contributed by atoms with van der Waals surface area (Å²) in [6, 6.07) is 5.79. The Morgan fingerprint density at radius 1 is 1.40 bits per heavy atom. The molecule has 0 aliphatic heterocycles. The lowest BCUT2D eigenvalue weighted by molar-refractivity contribution is 0.287. The first-order valence-electron chi connectivity index (χ1n) is 6.72. The zero-order valence-electron chi connectivity index (χ0n) is 12.5. The number of aromatic nitrogens is 2. The van der Waals surface area contributed by atoms with Gasteiger partial charge in [-0.3, -0.25) is 9.36 Å². The van der Waals surface area contributed by atoms with Crippen LogP contribution in [0.5, 0.6) is 5.75 Å². The highest BCUT2D eigenvalue weighted by atomic mass is 16.5. The summed E-state index contributed by atoms with van der Waals surface area (Å²) >= 11 is 0. The number of nitrogens with zero attached hydrogens (tertiary/aromatic N) is 3. The number of aryl methyl sites for hydroxylation is 1. The van der Waals surface area contributed by atoms with Gasteiger partial charge in [0.25, 0.3) is 5.56 Å². The first-order valence-corrected chi connectivity index (χ1v) is 6.72. The summed E-state index contributed by atoms with van der Waals surface area (Å²) < 4.78 is 6.83. The standard InChI is InChI=1S/C15H21N3O2/c1-11(17(2)3)7-8-18-10-16-14-6-5-12(20-4)9-13(14)15(18)19/h5-6,9-11H,7-8H2,1-4H3/t11-/m0/s1. The molecule has 0 N–H and O–H groups in total. The molecule has 0 fully saturated rings. The van der Waals surface area contributed by atoms with Crippen LogP contribution in [0.3, 0.4) is 0 Å². The normalized spacial score (nSPS) is 12.8. The SMILES string of the molecule is COc1ccc2ncn(CC[C@H](C)N(C)C)c(=O)c2c1. The van der Waals surface area contributed by atoms with Crippen molar-refractivity contribution < 1.29 is 4.74 Å². The fraction of sp³-hybridized carbons (Fsp3) is 0.467. The van der Waals surface area contributed by atoms with Gasteiger partial charge in [0.2, 0.25) is 0 Å². The molecule has 0 unspecified atom stereocenters. The van der Waals surface area contributed by atoms with E-state index in [2.05, 4.69) is 16.8 Å². The number of benzene rings is 1. The van der Waals surface area contributed by atoms with Crippen LogP contribution in [0.1, 0.15) is 13.3 Å². The second-order valence-corrected chi connectivity index (χ2v) is 5.23. The maximum atomic E-state index is 12.4. The van der Waals surface area contributed by atoms with Crippen molar-refractivity contribution >= 4 is 10.9 Å². The first kappa shape index (κ1) is 14.5. The third kappa shape index (κ3) is 2.99. The molecule has 1 aromatic heterocycles. The predicted molar refractivity (Wildman–Crippen MR) is 80.3 cm³/mol. The summed E-state index contributed by atoms with van der Waals surface area (Å²) in [5.74, 6) is 0.677. The van der Waals surface area contributed by atoms with E-state index in [1.807, 2.05) is 26.2 Å². The molecule has 2 aromatic rings. The van der Waals surface area contributed by atoms with Crippen LogP contribution in [0.2, 0.25) is 0 Å². The van der Waals surface area contributed by atoms with Gasteiger partial charge in [0.1, 0.15) is 5.75 Å². The number of hydrogen-bond donors (Lipinski definition) is 0. The summed E-state index contributed by atoms with van der Waals surface area (Å²) in [7, 11) is 5.67. The van der Waals surface area contributed by atoms with Crippen molar-refractivity contribution in [3.63, 3.8) is 0 Å². The highest BCUT2D eigenvalue weighted by Gasteiger charge is 2.08. The van der Waals surface area contributed by atoms with Crippen molar-refractivity contribution in [3.8, 4) is 5.75 Å². The Labute approximate surface area is 118 Å². The van der Waals surface area contributed by atoms with Crippen LogP contribution in [0.15, 0.2) is 29.3 Å². The Morgan fingerprint density at radius 3 is 2.80 bits per heavy atom. The molecule has 0 radical (unpaired) electrons. The van der Waals surface area contributed by atoms with Gasteiger partial charge in [-0.05, 0) is 45.6 Å². The fourth-order valence-corrected chi connectivity index (χ4v) is 2.01. The quantitative estimate of drug-likeness (QED) is 0.834. The van der Waals surface area contributed by atoms with Crippen molar-refractivity contribution in [2.24, 2.45) is 0 Å². The molecule has 0 aliphatic carbocycles. The fourth-order valence-electron chi connectivity index (χ4n) is 2.01. The molecule has 5 heteroatoms. The van der Waals surface area contributed by atoms with Crippen molar-refractivity contribution in [3.05, 3.63) is 34.9 Å². The number of methoxy groups -OCH3 is 1. The van der Waals surface area contributed by atoms with Gasteiger partial charge in [-0.15, -0.1) is 0 Å². The second kappa shape index (κ2) is 6.05. The largest absolute Gasteiger partial charge is 0.497 e. The average molecular weight is 275 g/mol. The minimum atomic E-state index is -0.0140. The van der Waals surface area contributed by atoms with Crippen LogP contribution < -0.4 is 10.3 Å². The molecule has 1 aromatic carbocycles. The first-order chi connectivity index (χ1) is 9.52. The molecule has 20 heavy (non-hydrogen) atoms. The molecule has 1 atom stereocenters. The average Bonchev–Trinajstić information content (AvgIpc) is 2.45. The van der Waals surface area contributed by atoms with E-state index in [1.54, 1.807) is 24.1 Å². The Morgan fingerprint density at radius 2 is 2.15 bits per heavy atom. The zero-order valence-corrected chi connectivity index (χ0v) is 12.5. The molecule has 0 bridgehead atoms. The smallest absolute Gasteiger partial charge is 0.261 e. The lowest BCUT2D eigenvalue weighted by Gasteiger charge is -2.19. The monoisotopic (exact) mass is 275 g/mol. The van der Waals surface area contributed by atoms with Crippen molar-refractivity contribution in [2.45, 2.75) is 25.9 Å². The Hall–Kier alpha value is -1.88. The third-order valence-corrected chi connectivity index (χ3v) is 3.70. The van der Waals surface area contributed by atoms with E-state index in [0.29, 0.717) is 29.2 Å². The Balaban J connectivity index is 2.31. The van der Waals surface area contributed by atoms with Crippen LogP contribution >= 0.6 is 0 Å². The van der Waals surface area contributed by atoms with E-state index >= 15 is 0 Å². The second-order valence-electron chi connectivity index (χ2n) is 5.23. The van der Waals surface area contributed by atoms with Crippen LogP contribution in [0.25, 0.3) is 10.9 Å². The van der Waals surface area contributed by atoms with Gasteiger partial charge in [-0.25, -0.2) is 4.98 Å². The molecule has 0 amide bonds. The van der Waals surface area contributed by atoms with E-state index in [0.717, 1.165) is 6.42 Å². The van der Waals surface area contributed by atoms with E-state index in [9.17, 15) is 4.79 Å². The van der Waals surface area contributed by atoms with Gasteiger partial charge in [0.15, 0.2) is 0 Å². The van der Waals surface area contributed by atoms with Gasteiger partial charge in [0.05, 0.1) is 24.3 Å². The molecular weight excluding hydrogens is 254 g/mol. The molecule has 2 rings (SSSR count). The molecule has 0 aliphatic rings. The van der Waals surface area contributed by atoms with E-state index in [-0.39, 0.29) is 5.56 Å². The molecule has 1 heterocycles. The van der Waals surface area contributed by atoms with Gasteiger partial charge >= 0.3 is 0 Å². The third-order valence-electron chi connectivity index (χ3n) is 3.70. The summed E-state index contributed by atoms with van der Waals surface area (Å²) in [6.45, 7) is 2.81. The Bertz CT molecular complexity index is 649. The van der Waals surface area contributed by atoms with Crippen molar-refractivity contribution in [2.75, 3.05) is 21.2 Å². The minimum absolute atomic E-state index is 0.0140. The summed E-state index contributed by atoms with van der Waals surface area (Å²) in [5.41, 5.74) is 0.688. The van der Waals surface area contributed by atoms with Crippen LogP contribution in [-0.4, -0.2) is 41.7 Å². The molecule has 0 saturated carbocycles. The van der Waals surface area contributed by atoms with E-state index in [4.69, 9.17) is 4.74 Å². The molecular formula is C15H21N3O2. The summed E-state index contributed by atoms with van der Waals surface area (Å²) in [5, 5.41) is 0.601. The van der Waals surface area contributed by atoms with Crippen LogP contribution in [0, 0.1) is 0 Å². The highest BCUT2D eigenvalue weighted by Crippen LogP contribution is 2.15. The summed E-state index contributed by atoms with van der Waals surface area (Å²) in [4.78, 5) is 18.9. The van der Waals surface area contributed by atoms with Gasteiger partial charge in [-0.1, -0.05) is 0 Å².